The lowest BCUT2D eigenvalue weighted by atomic mass is 9.89. The molecular formula is C24H25NO3. The van der Waals surface area contributed by atoms with E-state index in [9.17, 15) is 4.79 Å². The third-order valence-corrected chi connectivity index (χ3v) is 6.35. The van der Waals surface area contributed by atoms with Gasteiger partial charge in [-0.05, 0) is 56.7 Å². The lowest BCUT2D eigenvalue weighted by Crippen LogP contribution is -2.34. The van der Waals surface area contributed by atoms with Crippen molar-refractivity contribution in [2.24, 2.45) is 0 Å². The quantitative estimate of drug-likeness (QED) is 0.598. The maximum absolute atomic E-state index is 12.5. The molecule has 2 heterocycles. The minimum absolute atomic E-state index is 0.166. The van der Waals surface area contributed by atoms with Crippen LogP contribution in [0.5, 0.6) is 5.75 Å². The van der Waals surface area contributed by atoms with Gasteiger partial charge >= 0.3 is 5.63 Å². The van der Waals surface area contributed by atoms with Gasteiger partial charge in [-0.25, -0.2) is 4.79 Å². The third-order valence-electron chi connectivity index (χ3n) is 6.35. The van der Waals surface area contributed by atoms with Gasteiger partial charge in [0.1, 0.15) is 18.1 Å². The minimum Gasteiger partial charge on any atom is -0.477 e. The van der Waals surface area contributed by atoms with Crippen LogP contribution in [0, 0.1) is 6.92 Å². The molecule has 0 radical (unpaired) electrons. The van der Waals surface area contributed by atoms with Crippen molar-refractivity contribution in [1.82, 2.24) is 4.90 Å². The van der Waals surface area contributed by atoms with Gasteiger partial charge in [-0.1, -0.05) is 30.3 Å². The van der Waals surface area contributed by atoms with Crippen LogP contribution in [0.1, 0.15) is 53.6 Å². The van der Waals surface area contributed by atoms with E-state index in [1.54, 1.807) is 0 Å². The van der Waals surface area contributed by atoms with Crippen molar-refractivity contribution in [3.8, 4) is 5.75 Å². The molecule has 2 aliphatic rings. The second-order valence-electron chi connectivity index (χ2n) is 8.03. The van der Waals surface area contributed by atoms with Gasteiger partial charge in [-0.2, -0.15) is 0 Å². The summed E-state index contributed by atoms with van der Waals surface area (Å²) in [5.41, 5.74) is 6.02. The summed E-state index contributed by atoms with van der Waals surface area (Å²) >= 11 is 0. The summed E-state index contributed by atoms with van der Waals surface area (Å²) in [5, 5.41) is 1.10. The predicted octanol–water partition coefficient (Wildman–Crippen LogP) is 4.89. The number of fused-ring (bicyclic) bond motifs is 4. The summed E-state index contributed by atoms with van der Waals surface area (Å²) < 4.78 is 11.9. The normalized spacial score (nSPS) is 17.6. The summed E-state index contributed by atoms with van der Waals surface area (Å²) in [6, 6.07) is 13.0. The second-order valence-corrected chi connectivity index (χ2v) is 8.03. The highest BCUT2D eigenvalue weighted by Gasteiger charge is 2.27. The number of ether oxygens (including phenoxy) is 1. The molecule has 1 aromatic heterocycles. The van der Waals surface area contributed by atoms with E-state index in [2.05, 4.69) is 42.2 Å². The molecule has 0 fully saturated rings. The van der Waals surface area contributed by atoms with Gasteiger partial charge < -0.3 is 9.15 Å². The van der Waals surface area contributed by atoms with Crippen LogP contribution in [-0.2, 0) is 19.4 Å². The molecule has 4 heteroatoms. The zero-order valence-electron chi connectivity index (χ0n) is 16.5. The average Bonchev–Trinajstić information content (AvgIpc) is 2.75. The first-order valence-electron chi connectivity index (χ1n) is 10.2. The van der Waals surface area contributed by atoms with Crippen LogP contribution >= 0.6 is 0 Å². The number of nitrogens with zero attached hydrogens (tertiary/aromatic N) is 1. The molecule has 2 aromatic carbocycles. The van der Waals surface area contributed by atoms with Crippen LogP contribution in [0.2, 0.25) is 0 Å². The molecule has 0 N–H and O–H groups in total. The monoisotopic (exact) mass is 375 g/mol. The Labute approximate surface area is 164 Å². The van der Waals surface area contributed by atoms with Gasteiger partial charge in [0.25, 0.3) is 0 Å². The molecule has 4 nitrogen and oxygen atoms in total. The Balaban J connectivity index is 1.59. The van der Waals surface area contributed by atoms with Crippen LogP contribution in [0.15, 0.2) is 45.6 Å². The number of hydrogen-bond acceptors (Lipinski definition) is 4. The van der Waals surface area contributed by atoms with E-state index in [4.69, 9.17) is 9.15 Å². The van der Waals surface area contributed by atoms with Gasteiger partial charge in [-0.3, -0.25) is 4.90 Å². The van der Waals surface area contributed by atoms with Crippen molar-refractivity contribution in [1.29, 1.82) is 0 Å². The standard InChI is InChI=1S/C24H25NO3/c1-15-22-18(13-25(14-27-22)16(2)17-8-4-3-5-9-17)12-21-19-10-6-7-11-20(19)24(26)28-23(15)21/h3-5,8-9,12,16H,6-7,10-11,13-14H2,1-2H3. The molecule has 3 aromatic rings. The molecular weight excluding hydrogens is 350 g/mol. The molecule has 1 aliphatic carbocycles. The first-order valence-corrected chi connectivity index (χ1v) is 10.2. The van der Waals surface area contributed by atoms with Crippen LogP contribution < -0.4 is 10.4 Å². The maximum atomic E-state index is 12.5. The molecule has 1 atom stereocenters. The van der Waals surface area contributed by atoms with Crippen LogP contribution in [-0.4, -0.2) is 11.6 Å². The van der Waals surface area contributed by atoms with Crippen molar-refractivity contribution in [2.75, 3.05) is 6.73 Å². The van der Waals surface area contributed by atoms with E-state index in [1.807, 2.05) is 13.0 Å². The number of aryl methyl sites for hydroxylation is 2. The predicted molar refractivity (Wildman–Crippen MR) is 110 cm³/mol. The maximum Gasteiger partial charge on any atom is 0.339 e. The first-order chi connectivity index (χ1) is 13.6. The SMILES string of the molecule is Cc1c2c(cc3c4c(c(=O)oc13)CCCC4)CN(C(C)c1ccccc1)CO2. The zero-order valence-corrected chi connectivity index (χ0v) is 16.5. The van der Waals surface area contributed by atoms with E-state index in [0.717, 1.165) is 54.5 Å². The molecule has 5 rings (SSSR count). The van der Waals surface area contributed by atoms with Crippen molar-refractivity contribution in [3.63, 3.8) is 0 Å². The van der Waals surface area contributed by atoms with Crippen LogP contribution in [0.3, 0.4) is 0 Å². The van der Waals surface area contributed by atoms with Gasteiger partial charge in [0.15, 0.2) is 0 Å². The molecule has 144 valence electrons. The minimum atomic E-state index is -0.166. The molecule has 0 spiro atoms. The zero-order chi connectivity index (χ0) is 19.3. The Kier molecular flexibility index (Phi) is 4.24. The molecule has 0 bridgehead atoms. The molecule has 0 saturated heterocycles. The smallest absolute Gasteiger partial charge is 0.339 e. The largest absolute Gasteiger partial charge is 0.477 e. The van der Waals surface area contributed by atoms with Gasteiger partial charge in [0, 0.05) is 34.7 Å². The molecule has 0 amide bonds. The Morgan fingerprint density at radius 3 is 2.61 bits per heavy atom. The fraction of sp³-hybridized carbons (Fsp3) is 0.375. The van der Waals surface area contributed by atoms with Gasteiger partial charge in [0.05, 0.1) is 0 Å². The number of hydrogen-bond donors (Lipinski definition) is 0. The Hall–Kier alpha value is -2.59. The summed E-state index contributed by atoms with van der Waals surface area (Å²) in [5.74, 6) is 0.878. The fourth-order valence-corrected chi connectivity index (χ4v) is 4.71. The van der Waals surface area contributed by atoms with E-state index >= 15 is 0 Å². The van der Waals surface area contributed by atoms with E-state index in [1.165, 1.54) is 16.7 Å². The Morgan fingerprint density at radius 1 is 1.07 bits per heavy atom. The second kappa shape index (κ2) is 6.78. The van der Waals surface area contributed by atoms with Crippen molar-refractivity contribution < 1.29 is 9.15 Å². The summed E-state index contributed by atoms with van der Waals surface area (Å²) in [7, 11) is 0. The lowest BCUT2D eigenvalue weighted by molar-refractivity contribution is 0.0613. The Morgan fingerprint density at radius 2 is 1.82 bits per heavy atom. The summed E-state index contributed by atoms with van der Waals surface area (Å²) in [4.78, 5) is 14.8. The number of benzene rings is 2. The highest BCUT2D eigenvalue weighted by atomic mass is 16.5. The number of rotatable bonds is 2. The molecule has 1 aliphatic heterocycles. The van der Waals surface area contributed by atoms with Crippen LogP contribution in [0.4, 0.5) is 0 Å². The molecule has 0 saturated carbocycles. The Bertz CT molecular complexity index is 1100. The van der Waals surface area contributed by atoms with Crippen LogP contribution in [0.25, 0.3) is 11.0 Å². The topological polar surface area (TPSA) is 42.7 Å². The van der Waals surface area contributed by atoms with Crippen molar-refractivity contribution in [3.05, 3.63) is 74.6 Å². The van der Waals surface area contributed by atoms with Crippen molar-refractivity contribution >= 4 is 11.0 Å². The molecule has 1 unspecified atom stereocenters. The third kappa shape index (κ3) is 2.75. The van der Waals surface area contributed by atoms with Crippen molar-refractivity contribution in [2.45, 2.75) is 52.1 Å². The summed E-state index contributed by atoms with van der Waals surface area (Å²) in [6.45, 7) is 5.59. The van der Waals surface area contributed by atoms with E-state index in [-0.39, 0.29) is 11.7 Å². The lowest BCUT2D eigenvalue weighted by Gasteiger charge is -2.34. The van der Waals surface area contributed by atoms with Gasteiger partial charge in [0.2, 0.25) is 0 Å². The molecule has 28 heavy (non-hydrogen) atoms. The van der Waals surface area contributed by atoms with E-state index < -0.39 is 0 Å². The summed E-state index contributed by atoms with van der Waals surface area (Å²) in [6.07, 6.45) is 3.99. The highest BCUT2D eigenvalue weighted by Crippen LogP contribution is 2.39. The van der Waals surface area contributed by atoms with E-state index in [0.29, 0.717) is 12.3 Å². The first kappa shape index (κ1) is 17.5. The van der Waals surface area contributed by atoms with Gasteiger partial charge in [-0.15, -0.1) is 0 Å². The highest BCUT2D eigenvalue weighted by molar-refractivity contribution is 5.87. The average molecular weight is 375 g/mol. The fourth-order valence-electron chi connectivity index (χ4n) is 4.71.